The molecule has 1 fully saturated rings. The molecule has 0 bridgehead atoms. The van der Waals surface area contributed by atoms with Crippen LogP contribution < -0.4 is 5.32 Å². The van der Waals surface area contributed by atoms with Crippen LogP contribution in [0.4, 0.5) is 11.4 Å². The molecule has 1 aromatic rings. The maximum atomic E-state index is 11.5. The number of rotatable bonds is 4. The second kappa shape index (κ2) is 6.89. The summed E-state index contributed by atoms with van der Waals surface area (Å²) in [6.07, 6.45) is 3.36. The lowest BCUT2D eigenvalue weighted by atomic mass is 9.86. The molecule has 0 aromatic heterocycles. The number of nitro groups is 1. The van der Waals surface area contributed by atoms with E-state index in [9.17, 15) is 14.9 Å². The van der Waals surface area contributed by atoms with E-state index < -0.39 is 4.92 Å². The monoisotopic (exact) mass is 356 g/mol. The predicted molar refractivity (Wildman–Crippen MR) is 82.2 cm³/mol. The van der Waals surface area contributed by atoms with Gasteiger partial charge >= 0.3 is 5.97 Å². The van der Waals surface area contributed by atoms with Gasteiger partial charge in [-0.3, -0.25) is 14.9 Å². The van der Waals surface area contributed by atoms with Gasteiger partial charge in [0.1, 0.15) is 0 Å². The van der Waals surface area contributed by atoms with Crippen molar-refractivity contribution >= 4 is 33.3 Å². The average Bonchev–Trinajstić information content (AvgIpc) is 2.49. The van der Waals surface area contributed by atoms with Gasteiger partial charge in [0.05, 0.1) is 18.0 Å². The lowest BCUT2D eigenvalue weighted by Crippen LogP contribution is -2.30. The highest BCUT2D eigenvalue weighted by molar-refractivity contribution is 9.10. The van der Waals surface area contributed by atoms with Crippen LogP contribution in [0, 0.1) is 16.0 Å². The molecule has 2 rings (SSSR count). The van der Waals surface area contributed by atoms with Gasteiger partial charge in [-0.05, 0) is 47.7 Å². The summed E-state index contributed by atoms with van der Waals surface area (Å²) in [5, 5.41) is 14.1. The first-order chi connectivity index (χ1) is 10.0. The number of methoxy groups -OCH3 is 1. The molecule has 7 heteroatoms. The molecule has 0 spiro atoms. The average molecular weight is 357 g/mol. The Hall–Kier alpha value is -1.63. The van der Waals surface area contributed by atoms with Crippen LogP contribution in [-0.2, 0) is 9.53 Å². The molecule has 1 saturated carbocycles. The smallest absolute Gasteiger partial charge is 0.308 e. The van der Waals surface area contributed by atoms with Gasteiger partial charge in [-0.1, -0.05) is 0 Å². The zero-order chi connectivity index (χ0) is 15.4. The van der Waals surface area contributed by atoms with Crippen LogP contribution in [0.15, 0.2) is 22.7 Å². The van der Waals surface area contributed by atoms with Crippen LogP contribution in [0.3, 0.4) is 0 Å². The molecule has 114 valence electrons. The van der Waals surface area contributed by atoms with Crippen molar-refractivity contribution in [3.8, 4) is 0 Å². The molecule has 0 saturated heterocycles. The molecule has 0 unspecified atom stereocenters. The van der Waals surface area contributed by atoms with E-state index in [-0.39, 0.29) is 23.6 Å². The van der Waals surface area contributed by atoms with Crippen LogP contribution in [0.25, 0.3) is 0 Å². The zero-order valence-corrected chi connectivity index (χ0v) is 13.3. The molecule has 1 N–H and O–H groups in total. The topological polar surface area (TPSA) is 81.5 Å². The Kier molecular flexibility index (Phi) is 5.17. The molecule has 0 aliphatic heterocycles. The van der Waals surface area contributed by atoms with Crippen LogP contribution in [0.2, 0.25) is 0 Å². The van der Waals surface area contributed by atoms with E-state index in [1.165, 1.54) is 19.2 Å². The third-order valence-electron chi connectivity index (χ3n) is 3.78. The summed E-state index contributed by atoms with van der Waals surface area (Å²) in [5.74, 6) is -0.140. The van der Waals surface area contributed by atoms with Crippen LogP contribution in [0.5, 0.6) is 0 Å². The number of nitrogens with one attached hydrogen (secondary N) is 1. The van der Waals surface area contributed by atoms with E-state index in [1.54, 1.807) is 6.07 Å². The van der Waals surface area contributed by atoms with E-state index in [0.717, 1.165) is 31.4 Å². The maximum absolute atomic E-state index is 11.5. The molecular formula is C14H17BrN2O4. The van der Waals surface area contributed by atoms with Crippen molar-refractivity contribution in [1.29, 1.82) is 0 Å². The van der Waals surface area contributed by atoms with Gasteiger partial charge in [-0.25, -0.2) is 0 Å². The Morgan fingerprint density at radius 1 is 1.38 bits per heavy atom. The summed E-state index contributed by atoms with van der Waals surface area (Å²) in [5.41, 5.74) is 0.893. The zero-order valence-electron chi connectivity index (χ0n) is 11.7. The fourth-order valence-corrected chi connectivity index (χ4v) is 3.08. The number of nitro benzene ring substituents is 1. The van der Waals surface area contributed by atoms with Crippen molar-refractivity contribution < 1.29 is 14.5 Å². The number of non-ortho nitro benzene ring substituents is 1. The number of nitrogens with zero attached hydrogens (tertiary/aromatic N) is 1. The van der Waals surface area contributed by atoms with Gasteiger partial charge in [0.25, 0.3) is 5.69 Å². The summed E-state index contributed by atoms with van der Waals surface area (Å²) in [7, 11) is 1.42. The molecule has 0 amide bonds. The molecule has 0 radical (unpaired) electrons. The third-order valence-corrected chi connectivity index (χ3v) is 4.44. The fourth-order valence-electron chi connectivity index (χ4n) is 2.59. The largest absolute Gasteiger partial charge is 0.469 e. The molecule has 1 aliphatic rings. The molecule has 21 heavy (non-hydrogen) atoms. The highest BCUT2D eigenvalue weighted by atomic mass is 79.9. The predicted octanol–water partition coefficient (Wildman–Crippen LogP) is 3.50. The first-order valence-electron chi connectivity index (χ1n) is 6.79. The van der Waals surface area contributed by atoms with Gasteiger partial charge < -0.3 is 10.1 Å². The Labute approximate surface area is 131 Å². The molecule has 1 aromatic carbocycles. The number of benzene rings is 1. The number of halogens is 1. The summed E-state index contributed by atoms with van der Waals surface area (Å²) in [4.78, 5) is 21.8. The van der Waals surface area contributed by atoms with Crippen molar-refractivity contribution in [2.24, 2.45) is 5.92 Å². The summed E-state index contributed by atoms with van der Waals surface area (Å²) >= 11 is 3.35. The highest BCUT2D eigenvalue weighted by Crippen LogP contribution is 2.31. The molecule has 1 aliphatic carbocycles. The summed E-state index contributed by atoms with van der Waals surface area (Å²) in [6.45, 7) is 0. The highest BCUT2D eigenvalue weighted by Gasteiger charge is 2.27. The number of esters is 1. The first-order valence-corrected chi connectivity index (χ1v) is 7.59. The van der Waals surface area contributed by atoms with E-state index in [0.29, 0.717) is 4.47 Å². The van der Waals surface area contributed by atoms with E-state index in [4.69, 9.17) is 4.74 Å². The van der Waals surface area contributed by atoms with E-state index in [2.05, 4.69) is 21.2 Å². The van der Waals surface area contributed by atoms with Crippen molar-refractivity contribution in [2.75, 3.05) is 12.4 Å². The maximum Gasteiger partial charge on any atom is 0.308 e. The van der Waals surface area contributed by atoms with Crippen LogP contribution >= 0.6 is 15.9 Å². The van der Waals surface area contributed by atoms with Gasteiger partial charge in [0.2, 0.25) is 0 Å². The Balaban J connectivity index is 1.95. The van der Waals surface area contributed by atoms with E-state index >= 15 is 0 Å². The summed E-state index contributed by atoms with van der Waals surface area (Å²) < 4.78 is 5.44. The molecule has 6 nitrogen and oxygen atoms in total. The minimum atomic E-state index is -0.421. The summed E-state index contributed by atoms with van der Waals surface area (Å²) in [6, 6.07) is 4.94. The number of hydrogen-bond donors (Lipinski definition) is 1. The fraction of sp³-hybridized carbons (Fsp3) is 0.500. The van der Waals surface area contributed by atoms with Gasteiger partial charge in [0, 0.05) is 28.3 Å². The lowest BCUT2D eigenvalue weighted by molar-refractivity contribution is -0.384. The third kappa shape index (κ3) is 3.93. The Bertz CT molecular complexity index is 542. The molecule has 0 atom stereocenters. The SMILES string of the molecule is COC(=O)C1CCC(Nc2ccc([N+](=O)[O-])cc2Br)CC1. The van der Waals surface area contributed by atoms with Crippen LogP contribution in [-0.4, -0.2) is 24.0 Å². The first kappa shape index (κ1) is 15.8. The van der Waals surface area contributed by atoms with Crippen LogP contribution in [0.1, 0.15) is 25.7 Å². The molecular weight excluding hydrogens is 340 g/mol. The van der Waals surface area contributed by atoms with Gasteiger partial charge in [-0.15, -0.1) is 0 Å². The number of carbonyl (C=O) groups is 1. The Morgan fingerprint density at radius 2 is 2.05 bits per heavy atom. The number of ether oxygens (including phenoxy) is 1. The van der Waals surface area contributed by atoms with Gasteiger partial charge in [-0.2, -0.15) is 0 Å². The normalized spacial score (nSPS) is 21.6. The van der Waals surface area contributed by atoms with Crippen molar-refractivity contribution in [2.45, 2.75) is 31.7 Å². The number of anilines is 1. The Morgan fingerprint density at radius 3 is 2.57 bits per heavy atom. The standard InChI is InChI=1S/C14H17BrN2O4/c1-21-14(18)9-2-4-10(5-3-9)16-13-7-6-11(17(19)20)8-12(13)15/h6-10,16H,2-5H2,1H3. The second-order valence-electron chi connectivity index (χ2n) is 5.14. The number of carbonyl (C=O) groups excluding carboxylic acids is 1. The molecule has 0 heterocycles. The van der Waals surface area contributed by atoms with E-state index in [1.807, 2.05) is 0 Å². The minimum absolute atomic E-state index is 0.00616. The second-order valence-corrected chi connectivity index (χ2v) is 5.99. The van der Waals surface area contributed by atoms with Gasteiger partial charge in [0.15, 0.2) is 0 Å². The van der Waals surface area contributed by atoms with Crippen molar-refractivity contribution in [3.63, 3.8) is 0 Å². The van der Waals surface area contributed by atoms with Crippen molar-refractivity contribution in [1.82, 2.24) is 0 Å². The lowest BCUT2D eigenvalue weighted by Gasteiger charge is -2.28. The minimum Gasteiger partial charge on any atom is -0.469 e. The number of hydrogen-bond acceptors (Lipinski definition) is 5. The quantitative estimate of drug-likeness (QED) is 0.507. The van der Waals surface area contributed by atoms with Crippen molar-refractivity contribution in [3.05, 3.63) is 32.8 Å².